The van der Waals surface area contributed by atoms with Gasteiger partial charge in [-0.2, -0.15) is 0 Å². The Morgan fingerprint density at radius 3 is 2.65 bits per heavy atom. The zero-order valence-electron chi connectivity index (χ0n) is 15.4. The standard InChI is InChI=1S/C19H27N3O3S/c1-4-13-22(18-11-6-5-7-12-18)19(23)20-15(2)16-9-8-10-17(14-16)21-26(3,24)25/h1,8-10,14-15,18,21H,5-7,11-13H2,2-3H3,(H,20,23)/t15-/m0/s1. The number of rotatable bonds is 6. The molecule has 0 heterocycles. The summed E-state index contributed by atoms with van der Waals surface area (Å²) in [4.78, 5) is 14.5. The molecule has 1 aromatic rings. The summed E-state index contributed by atoms with van der Waals surface area (Å²) in [5, 5.41) is 2.98. The first-order valence-corrected chi connectivity index (χ1v) is 10.8. The predicted octanol–water partition coefficient (Wildman–Crippen LogP) is 3.10. The molecule has 6 nitrogen and oxygen atoms in total. The van der Waals surface area contributed by atoms with Gasteiger partial charge in [-0.1, -0.05) is 37.3 Å². The maximum absolute atomic E-state index is 12.7. The van der Waals surface area contributed by atoms with Crippen LogP contribution in [-0.4, -0.2) is 38.2 Å². The first kappa shape index (κ1) is 20.1. The van der Waals surface area contributed by atoms with E-state index in [2.05, 4.69) is 16.0 Å². The average Bonchev–Trinajstić information content (AvgIpc) is 2.59. The molecule has 0 bridgehead atoms. The van der Waals surface area contributed by atoms with Crippen LogP contribution in [0.2, 0.25) is 0 Å². The van der Waals surface area contributed by atoms with E-state index in [1.165, 1.54) is 6.42 Å². The van der Waals surface area contributed by atoms with Crippen LogP contribution in [0, 0.1) is 12.3 Å². The topological polar surface area (TPSA) is 78.5 Å². The minimum absolute atomic E-state index is 0.177. The first-order chi connectivity index (χ1) is 12.3. The second kappa shape index (κ2) is 8.95. The molecule has 0 spiro atoms. The van der Waals surface area contributed by atoms with Gasteiger partial charge in [-0.3, -0.25) is 4.72 Å². The van der Waals surface area contributed by atoms with Crippen molar-refractivity contribution >= 4 is 21.7 Å². The lowest BCUT2D eigenvalue weighted by Gasteiger charge is -2.34. The number of amides is 2. The van der Waals surface area contributed by atoms with Gasteiger partial charge in [0.25, 0.3) is 0 Å². The van der Waals surface area contributed by atoms with E-state index >= 15 is 0 Å². The van der Waals surface area contributed by atoms with Crippen molar-refractivity contribution < 1.29 is 13.2 Å². The van der Waals surface area contributed by atoms with Crippen LogP contribution in [0.1, 0.15) is 50.6 Å². The normalized spacial score (nSPS) is 16.3. The first-order valence-electron chi connectivity index (χ1n) is 8.88. The van der Waals surface area contributed by atoms with Gasteiger partial charge in [0.1, 0.15) is 0 Å². The zero-order valence-corrected chi connectivity index (χ0v) is 16.2. The second-order valence-electron chi connectivity index (χ2n) is 6.79. The summed E-state index contributed by atoms with van der Waals surface area (Å²) in [6, 6.07) is 6.74. The highest BCUT2D eigenvalue weighted by atomic mass is 32.2. The molecule has 1 aliphatic carbocycles. The fourth-order valence-corrected chi connectivity index (χ4v) is 3.85. The molecule has 1 atom stereocenters. The van der Waals surface area contributed by atoms with Crippen molar-refractivity contribution in [3.8, 4) is 12.3 Å². The fraction of sp³-hybridized carbons (Fsp3) is 0.526. The molecule has 2 rings (SSSR count). The summed E-state index contributed by atoms with van der Waals surface area (Å²) < 4.78 is 25.2. The third-order valence-electron chi connectivity index (χ3n) is 4.57. The lowest BCUT2D eigenvalue weighted by atomic mass is 9.94. The van der Waals surface area contributed by atoms with Crippen LogP contribution in [0.4, 0.5) is 10.5 Å². The number of nitrogens with zero attached hydrogens (tertiary/aromatic N) is 1. The van der Waals surface area contributed by atoms with Gasteiger partial charge in [0.05, 0.1) is 18.8 Å². The Bertz CT molecular complexity index is 764. The molecule has 0 saturated heterocycles. The van der Waals surface area contributed by atoms with Crippen molar-refractivity contribution in [2.45, 2.75) is 51.1 Å². The van der Waals surface area contributed by atoms with E-state index in [1.54, 1.807) is 23.1 Å². The van der Waals surface area contributed by atoms with Crippen LogP contribution < -0.4 is 10.0 Å². The van der Waals surface area contributed by atoms with E-state index in [1.807, 2.05) is 13.0 Å². The molecule has 1 fully saturated rings. The highest BCUT2D eigenvalue weighted by molar-refractivity contribution is 7.92. The summed E-state index contributed by atoms with van der Waals surface area (Å²) in [5.74, 6) is 2.58. The van der Waals surface area contributed by atoms with Gasteiger partial charge in [0.2, 0.25) is 10.0 Å². The summed E-state index contributed by atoms with van der Waals surface area (Å²) >= 11 is 0. The van der Waals surface area contributed by atoms with E-state index in [0.29, 0.717) is 12.2 Å². The number of anilines is 1. The van der Waals surface area contributed by atoms with Gasteiger partial charge in [0.15, 0.2) is 0 Å². The Hall–Kier alpha value is -2.20. The Kier molecular flexibility index (Phi) is 6.92. The molecule has 2 amide bonds. The highest BCUT2D eigenvalue weighted by Gasteiger charge is 2.25. The third kappa shape index (κ3) is 5.95. The van der Waals surface area contributed by atoms with E-state index in [4.69, 9.17) is 6.42 Å². The molecule has 0 unspecified atom stereocenters. The number of urea groups is 1. The predicted molar refractivity (Wildman–Crippen MR) is 104 cm³/mol. The molecule has 1 aliphatic rings. The van der Waals surface area contributed by atoms with Crippen LogP contribution in [0.5, 0.6) is 0 Å². The minimum atomic E-state index is -3.35. The van der Waals surface area contributed by atoms with Crippen molar-refractivity contribution in [3.05, 3.63) is 29.8 Å². The van der Waals surface area contributed by atoms with Crippen LogP contribution in [0.15, 0.2) is 24.3 Å². The number of nitrogens with one attached hydrogen (secondary N) is 2. The molecule has 0 radical (unpaired) electrons. The maximum atomic E-state index is 12.7. The van der Waals surface area contributed by atoms with Gasteiger partial charge in [-0.25, -0.2) is 13.2 Å². The molecular weight excluding hydrogens is 350 g/mol. The Morgan fingerprint density at radius 2 is 2.04 bits per heavy atom. The van der Waals surface area contributed by atoms with Crippen LogP contribution in [0.25, 0.3) is 0 Å². The van der Waals surface area contributed by atoms with Crippen molar-refractivity contribution in [1.82, 2.24) is 10.2 Å². The second-order valence-corrected chi connectivity index (χ2v) is 8.54. The number of carbonyl (C=O) groups is 1. The van der Waals surface area contributed by atoms with Crippen molar-refractivity contribution in [2.75, 3.05) is 17.5 Å². The highest BCUT2D eigenvalue weighted by Crippen LogP contribution is 2.23. The summed E-state index contributed by atoms with van der Waals surface area (Å²) in [6.45, 7) is 2.16. The summed E-state index contributed by atoms with van der Waals surface area (Å²) in [6.07, 6.45) is 12.0. The number of hydrogen-bond donors (Lipinski definition) is 2. The number of carbonyl (C=O) groups excluding carboxylic acids is 1. The molecule has 0 aromatic heterocycles. The summed E-state index contributed by atoms with van der Waals surface area (Å²) in [7, 11) is -3.35. The fourth-order valence-electron chi connectivity index (χ4n) is 3.29. The van der Waals surface area contributed by atoms with Gasteiger partial charge < -0.3 is 10.2 Å². The average molecular weight is 378 g/mol. The van der Waals surface area contributed by atoms with Crippen LogP contribution in [-0.2, 0) is 10.0 Å². The maximum Gasteiger partial charge on any atom is 0.318 e. The number of terminal acetylenes is 1. The van der Waals surface area contributed by atoms with E-state index in [9.17, 15) is 13.2 Å². The van der Waals surface area contributed by atoms with E-state index < -0.39 is 10.0 Å². The van der Waals surface area contributed by atoms with Gasteiger partial charge in [-0.15, -0.1) is 6.42 Å². The van der Waals surface area contributed by atoms with Crippen LogP contribution >= 0.6 is 0 Å². The summed E-state index contributed by atoms with van der Waals surface area (Å²) in [5.41, 5.74) is 1.29. The lowest BCUT2D eigenvalue weighted by molar-refractivity contribution is 0.163. The molecule has 1 saturated carbocycles. The number of hydrogen-bond acceptors (Lipinski definition) is 3. The molecule has 142 valence electrons. The number of benzene rings is 1. The SMILES string of the molecule is C#CCN(C(=O)N[C@@H](C)c1cccc(NS(C)(=O)=O)c1)C1CCCCC1. The van der Waals surface area contributed by atoms with Crippen molar-refractivity contribution in [1.29, 1.82) is 0 Å². The van der Waals surface area contributed by atoms with E-state index in [0.717, 1.165) is 37.5 Å². The Labute approximate surface area is 156 Å². The van der Waals surface area contributed by atoms with Crippen molar-refractivity contribution in [3.63, 3.8) is 0 Å². The smallest absolute Gasteiger partial charge is 0.318 e. The van der Waals surface area contributed by atoms with E-state index in [-0.39, 0.29) is 18.1 Å². The zero-order chi connectivity index (χ0) is 19.2. The van der Waals surface area contributed by atoms with Gasteiger partial charge >= 0.3 is 6.03 Å². The molecule has 2 N–H and O–H groups in total. The monoisotopic (exact) mass is 377 g/mol. The Morgan fingerprint density at radius 1 is 1.35 bits per heavy atom. The largest absolute Gasteiger partial charge is 0.331 e. The minimum Gasteiger partial charge on any atom is -0.331 e. The lowest BCUT2D eigenvalue weighted by Crippen LogP contribution is -2.47. The molecule has 1 aromatic carbocycles. The quantitative estimate of drug-likeness (QED) is 0.748. The van der Waals surface area contributed by atoms with Gasteiger partial charge in [-0.05, 0) is 37.5 Å². The van der Waals surface area contributed by atoms with Crippen LogP contribution in [0.3, 0.4) is 0 Å². The Balaban J connectivity index is 2.07. The van der Waals surface area contributed by atoms with Gasteiger partial charge in [0, 0.05) is 11.7 Å². The van der Waals surface area contributed by atoms with Crippen molar-refractivity contribution in [2.24, 2.45) is 0 Å². The molecule has 0 aliphatic heterocycles. The molecule has 26 heavy (non-hydrogen) atoms. The molecule has 7 heteroatoms. The number of sulfonamides is 1. The third-order valence-corrected chi connectivity index (χ3v) is 5.17. The molecular formula is C19H27N3O3S.